The van der Waals surface area contributed by atoms with E-state index < -0.39 is 23.2 Å². The summed E-state index contributed by atoms with van der Waals surface area (Å²) < 4.78 is 0. The van der Waals surface area contributed by atoms with E-state index >= 15 is 0 Å². The van der Waals surface area contributed by atoms with Crippen LogP contribution in [0.4, 0.5) is 0 Å². The molecule has 1 atom stereocenters. The van der Waals surface area contributed by atoms with Gasteiger partial charge in [-0.1, -0.05) is 12.8 Å². The van der Waals surface area contributed by atoms with Crippen LogP contribution in [-0.2, 0) is 4.79 Å². The van der Waals surface area contributed by atoms with Crippen LogP contribution in [0.3, 0.4) is 0 Å². The quantitative estimate of drug-likeness (QED) is 0.333. The van der Waals surface area contributed by atoms with Crippen LogP contribution in [-0.4, -0.2) is 34.0 Å². The summed E-state index contributed by atoms with van der Waals surface area (Å²) in [7, 11) is 0. The fourth-order valence-electron chi connectivity index (χ4n) is 1.29. The Hall–Kier alpha value is -1.89. The fourth-order valence-corrected chi connectivity index (χ4v) is 1.29. The van der Waals surface area contributed by atoms with Gasteiger partial charge in [-0.3, -0.25) is 0 Å². The average molecular weight is 238 g/mol. The third kappa shape index (κ3) is 5.12. The van der Waals surface area contributed by atoms with Crippen molar-refractivity contribution in [2.24, 2.45) is 0 Å². The van der Waals surface area contributed by atoms with E-state index in [9.17, 15) is 9.90 Å². The summed E-state index contributed by atoms with van der Waals surface area (Å²) >= 11 is 0. The van der Waals surface area contributed by atoms with Gasteiger partial charge in [0, 0.05) is 6.61 Å². The molecule has 0 rings (SSSR count). The Labute approximate surface area is 99.0 Å². The molecule has 0 aliphatic carbocycles. The highest BCUT2D eigenvalue weighted by Crippen LogP contribution is 2.14. The molecule has 0 fully saturated rings. The van der Waals surface area contributed by atoms with Crippen LogP contribution in [0.1, 0.15) is 25.7 Å². The van der Waals surface area contributed by atoms with Crippen LogP contribution < -0.4 is 0 Å². The first-order valence-corrected chi connectivity index (χ1v) is 5.15. The second kappa shape index (κ2) is 8.28. The maximum absolute atomic E-state index is 10.6. The van der Waals surface area contributed by atoms with Gasteiger partial charge in [0.2, 0.25) is 0 Å². The van der Waals surface area contributed by atoms with Crippen molar-refractivity contribution < 1.29 is 20.1 Å². The predicted molar refractivity (Wildman–Crippen MR) is 57.4 cm³/mol. The summed E-state index contributed by atoms with van der Waals surface area (Å²) in [6, 6.07) is 2.94. The topological polar surface area (TPSA) is 125 Å². The molecule has 3 N–H and O–H groups in total. The minimum absolute atomic E-state index is 0.0512. The molecule has 0 spiro atoms. The van der Waals surface area contributed by atoms with Gasteiger partial charge in [-0.05, 0) is 12.8 Å². The van der Waals surface area contributed by atoms with Gasteiger partial charge in [0.25, 0.3) is 0 Å². The molecule has 0 bridgehead atoms. The van der Waals surface area contributed by atoms with Crippen LogP contribution >= 0.6 is 0 Å². The molecule has 0 saturated carbocycles. The van der Waals surface area contributed by atoms with Gasteiger partial charge in [0.05, 0.1) is 17.7 Å². The van der Waals surface area contributed by atoms with Crippen molar-refractivity contribution in [3.63, 3.8) is 0 Å². The number of aliphatic hydroxyl groups is 2. The van der Waals surface area contributed by atoms with E-state index in [1.165, 1.54) is 6.07 Å². The lowest BCUT2D eigenvalue weighted by atomic mass is 10.00. The lowest BCUT2D eigenvalue weighted by Gasteiger charge is -2.09. The lowest BCUT2D eigenvalue weighted by Crippen LogP contribution is -2.15. The van der Waals surface area contributed by atoms with E-state index in [2.05, 4.69) is 0 Å². The van der Waals surface area contributed by atoms with Crippen molar-refractivity contribution in [2.45, 2.75) is 31.8 Å². The number of rotatable bonds is 7. The van der Waals surface area contributed by atoms with Crippen LogP contribution in [0.2, 0.25) is 0 Å². The first-order valence-electron chi connectivity index (χ1n) is 5.15. The summed E-state index contributed by atoms with van der Waals surface area (Å²) in [5, 5.41) is 44.1. The van der Waals surface area contributed by atoms with E-state index in [1.807, 2.05) is 0 Å². The number of nitriles is 2. The number of aliphatic carboxylic acids is 1. The predicted octanol–water partition coefficient (Wildman–Crippen LogP) is 0.328. The monoisotopic (exact) mass is 238 g/mol. The van der Waals surface area contributed by atoms with Gasteiger partial charge in [-0.2, -0.15) is 10.5 Å². The highest BCUT2D eigenvalue weighted by atomic mass is 16.4. The van der Waals surface area contributed by atoms with E-state index in [1.54, 1.807) is 6.07 Å². The summed E-state index contributed by atoms with van der Waals surface area (Å²) in [5.74, 6) is -1.52. The zero-order valence-electron chi connectivity index (χ0n) is 9.26. The van der Waals surface area contributed by atoms with Crippen LogP contribution in [0.25, 0.3) is 0 Å². The Morgan fingerprint density at radius 3 is 2.24 bits per heavy atom. The Bertz CT molecular complexity index is 376. The minimum atomic E-state index is -1.52. The molecule has 0 aromatic heterocycles. The van der Waals surface area contributed by atoms with E-state index in [0.29, 0.717) is 19.3 Å². The number of unbranched alkanes of at least 4 members (excludes halogenated alkanes) is 2. The van der Waals surface area contributed by atoms with Crippen molar-refractivity contribution in [3.05, 3.63) is 11.1 Å². The molecule has 92 valence electrons. The smallest absolute Gasteiger partial charge is 0.347 e. The van der Waals surface area contributed by atoms with Crippen LogP contribution in [0, 0.1) is 22.7 Å². The maximum Gasteiger partial charge on any atom is 0.347 e. The SMILES string of the molecule is N#CC(C(=O)O)=C(C#N)C(O)CCCCCO. The molecule has 0 heterocycles. The molecule has 6 heteroatoms. The number of hydrogen-bond donors (Lipinski definition) is 3. The zero-order valence-corrected chi connectivity index (χ0v) is 9.26. The van der Waals surface area contributed by atoms with Gasteiger partial charge in [0.1, 0.15) is 6.07 Å². The zero-order chi connectivity index (χ0) is 13.3. The molecule has 0 aromatic carbocycles. The highest BCUT2D eigenvalue weighted by Gasteiger charge is 2.20. The van der Waals surface area contributed by atoms with Crippen molar-refractivity contribution >= 4 is 5.97 Å². The molecule has 6 nitrogen and oxygen atoms in total. The molecular weight excluding hydrogens is 224 g/mol. The molecule has 0 amide bonds. The number of carboxylic acid groups (broad SMARTS) is 1. The van der Waals surface area contributed by atoms with Gasteiger partial charge in [-0.15, -0.1) is 0 Å². The number of hydrogen-bond acceptors (Lipinski definition) is 5. The first-order chi connectivity index (χ1) is 8.08. The third-order valence-corrected chi connectivity index (χ3v) is 2.18. The van der Waals surface area contributed by atoms with E-state index in [-0.39, 0.29) is 13.0 Å². The standard InChI is InChI=1S/C11H14N2O4/c12-6-8(9(7-13)11(16)17)10(15)4-2-1-3-5-14/h10,14-15H,1-5H2,(H,16,17). The van der Waals surface area contributed by atoms with Gasteiger partial charge in [0.15, 0.2) is 5.57 Å². The van der Waals surface area contributed by atoms with Crippen molar-refractivity contribution in [1.29, 1.82) is 10.5 Å². The van der Waals surface area contributed by atoms with Crippen molar-refractivity contribution in [3.8, 4) is 12.1 Å². The van der Waals surface area contributed by atoms with Crippen molar-refractivity contribution in [2.75, 3.05) is 6.61 Å². The average Bonchev–Trinajstić information content (AvgIpc) is 2.30. The van der Waals surface area contributed by atoms with E-state index in [0.717, 1.165) is 0 Å². The van der Waals surface area contributed by atoms with E-state index in [4.69, 9.17) is 20.7 Å². The Balaban J connectivity index is 4.62. The normalized spacial score (nSPS) is 13.2. The Kier molecular flexibility index (Phi) is 7.36. The Morgan fingerprint density at radius 2 is 1.82 bits per heavy atom. The molecule has 1 unspecified atom stereocenters. The summed E-state index contributed by atoms with van der Waals surface area (Å²) in [5.41, 5.74) is -1.13. The third-order valence-electron chi connectivity index (χ3n) is 2.18. The minimum Gasteiger partial charge on any atom is -0.477 e. The fraction of sp³-hybridized carbons (Fsp3) is 0.545. The number of nitrogens with zero attached hydrogens (tertiary/aromatic N) is 2. The molecule has 0 radical (unpaired) electrons. The molecule has 0 aliphatic rings. The molecular formula is C11H14N2O4. The number of aliphatic hydroxyl groups excluding tert-OH is 2. The van der Waals surface area contributed by atoms with Crippen LogP contribution in [0.5, 0.6) is 0 Å². The largest absolute Gasteiger partial charge is 0.477 e. The second-order valence-electron chi connectivity index (χ2n) is 3.41. The maximum atomic E-state index is 10.6. The van der Waals surface area contributed by atoms with Crippen LogP contribution in [0.15, 0.2) is 11.1 Å². The Morgan fingerprint density at radius 1 is 1.18 bits per heavy atom. The summed E-state index contributed by atoms with van der Waals surface area (Å²) in [6.45, 7) is 0.0512. The highest BCUT2D eigenvalue weighted by molar-refractivity contribution is 5.93. The molecule has 0 aliphatic heterocycles. The van der Waals surface area contributed by atoms with Gasteiger partial charge >= 0.3 is 5.97 Å². The lowest BCUT2D eigenvalue weighted by molar-refractivity contribution is -0.132. The first kappa shape index (κ1) is 15.1. The van der Waals surface area contributed by atoms with Gasteiger partial charge in [-0.25, -0.2) is 4.79 Å². The molecule has 0 aromatic rings. The molecule has 17 heavy (non-hydrogen) atoms. The number of carbonyl (C=O) groups is 1. The molecule has 0 saturated heterocycles. The summed E-state index contributed by atoms with van der Waals surface area (Å²) in [4.78, 5) is 10.6. The second-order valence-corrected chi connectivity index (χ2v) is 3.41. The van der Waals surface area contributed by atoms with Gasteiger partial charge < -0.3 is 15.3 Å². The summed E-state index contributed by atoms with van der Waals surface area (Å²) in [6.07, 6.45) is 0.750. The number of carboxylic acids is 1. The van der Waals surface area contributed by atoms with Crippen molar-refractivity contribution in [1.82, 2.24) is 0 Å².